The molecule has 4 aliphatic rings. The summed E-state index contributed by atoms with van der Waals surface area (Å²) in [5.41, 5.74) is 1.34. The van der Waals surface area contributed by atoms with E-state index in [0.717, 1.165) is 38.9 Å². The van der Waals surface area contributed by atoms with Gasteiger partial charge in [-0.3, -0.25) is 14.5 Å². The molecule has 5 heteroatoms. The predicted molar refractivity (Wildman–Crippen MR) is 103 cm³/mol. The molecule has 1 saturated carbocycles. The minimum Gasteiger partial charge on any atom is -0.481 e. The molecule has 5 rings (SSSR count). The Labute approximate surface area is 160 Å². The van der Waals surface area contributed by atoms with Crippen molar-refractivity contribution in [2.24, 2.45) is 23.7 Å². The third kappa shape index (κ3) is 3.79. The Balaban J connectivity index is 1.33. The van der Waals surface area contributed by atoms with Crippen molar-refractivity contribution in [2.75, 3.05) is 32.7 Å². The number of piperazine rings is 1. The largest absolute Gasteiger partial charge is 0.481 e. The Morgan fingerprint density at radius 3 is 2.15 bits per heavy atom. The minimum absolute atomic E-state index is 0.0219. The zero-order valence-electron chi connectivity index (χ0n) is 15.7. The molecular weight excluding hydrogens is 340 g/mol. The van der Waals surface area contributed by atoms with E-state index in [-0.39, 0.29) is 23.7 Å². The lowest BCUT2D eigenvalue weighted by Gasteiger charge is -2.45. The second kappa shape index (κ2) is 7.85. The molecule has 0 unspecified atom stereocenters. The number of benzene rings is 1. The van der Waals surface area contributed by atoms with E-state index in [1.165, 1.54) is 5.56 Å². The highest BCUT2D eigenvalue weighted by molar-refractivity contribution is 5.86. The van der Waals surface area contributed by atoms with E-state index < -0.39 is 11.9 Å². The first-order chi connectivity index (χ1) is 13.1. The molecule has 0 spiro atoms. The van der Waals surface area contributed by atoms with Crippen LogP contribution in [0.2, 0.25) is 0 Å². The SMILES string of the molecule is O=C(O)[C@@H]1[C@@H](C(=O)N2CCN(CCc3ccccc3)CC2)[C@@H]2C=C[C@H]1CC2. The van der Waals surface area contributed by atoms with Crippen LogP contribution >= 0.6 is 0 Å². The predicted octanol–water partition coefficient (Wildman–Crippen LogP) is 2.29. The molecule has 2 bridgehead atoms. The Bertz CT molecular complexity index is 710. The molecule has 0 radical (unpaired) electrons. The van der Waals surface area contributed by atoms with Crippen LogP contribution in [0.5, 0.6) is 0 Å². The van der Waals surface area contributed by atoms with Gasteiger partial charge in [-0.2, -0.15) is 0 Å². The zero-order valence-corrected chi connectivity index (χ0v) is 15.7. The number of amides is 1. The fraction of sp³-hybridized carbons (Fsp3) is 0.545. The molecule has 144 valence electrons. The van der Waals surface area contributed by atoms with Crippen molar-refractivity contribution >= 4 is 11.9 Å². The van der Waals surface area contributed by atoms with Crippen LogP contribution < -0.4 is 0 Å². The Morgan fingerprint density at radius 1 is 0.926 bits per heavy atom. The van der Waals surface area contributed by atoms with Crippen LogP contribution in [0.15, 0.2) is 42.5 Å². The van der Waals surface area contributed by atoms with Crippen molar-refractivity contribution in [1.82, 2.24) is 9.80 Å². The third-order valence-corrected chi connectivity index (χ3v) is 6.56. The van der Waals surface area contributed by atoms with E-state index >= 15 is 0 Å². The van der Waals surface area contributed by atoms with Gasteiger partial charge in [0.1, 0.15) is 0 Å². The molecule has 1 heterocycles. The van der Waals surface area contributed by atoms with Crippen LogP contribution in [0.1, 0.15) is 18.4 Å². The summed E-state index contributed by atoms with van der Waals surface area (Å²) in [6, 6.07) is 10.5. The van der Waals surface area contributed by atoms with E-state index in [1.54, 1.807) is 0 Å². The number of carbonyl (C=O) groups is 2. The van der Waals surface area contributed by atoms with Gasteiger partial charge in [-0.25, -0.2) is 0 Å². The fourth-order valence-electron chi connectivity index (χ4n) is 5.00. The summed E-state index contributed by atoms with van der Waals surface area (Å²) < 4.78 is 0. The lowest BCUT2D eigenvalue weighted by atomic mass is 9.62. The molecule has 1 N–H and O–H groups in total. The summed E-state index contributed by atoms with van der Waals surface area (Å²) >= 11 is 0. The van der Waals surface area contributed by atoms with Gasteiger partial charge >= 0.3 is 5.97 Å². The Morgan fingerprint density at radius 2 is 1.56 bits per heavy atom. The Kier molecular flexibility index (Phi) is 5.30. The number of nitrogens with zero attached hydrogens (tertiary/aromatic N) is 2. The van der Waals surface area contributed by atoms with Crippen LogP contribution in [0.3, 0.4) is 0 Å². The number of carboxylic acids is 1. The summed E-state index contributed by atoms with van der Waals surface area (Å²) in [5.74, 6) is -1.55. The molecule has 1 aliphatic heterocycles. The summed E-state index contributed by atoms with van der Waals surface area (Å²) in [6.45, 7) is 4.15. The molecule has 1 aromatic carbocycles. The number of aliphatic carboxylic acids is 1. The van der Waals surface area contributed by atoms with Crippen molar-refractivity contribution in [3.63, 3.8) is 0 Å². The van der Waals surface area contributed by atoms with E-state index in [1.807, 2.05) is 17.0 Å². The van der Waals surface area contributed by atoms with Gasteiger partial charge in [0.2, 0.25) is 5.91 Å². The van der Waals surface area contributed by atoms with Crippen molar-refractivity contribution in [3.05, 3.63) is 48.0 Å². The highest BCUT2D eigenvalue weighted by Gasteiger charge is 2.49. The van der Waals surface area contributed by atoms with Crippen LogP contribution in [-0.2, 0) is 16.0 Å². The van der Waals surface area contributed by atoms with Crippen LogP contribution in [0.25, 0.3) is 0 Å². The first-order valence-electron chi connectivity index (χ1n) is 10.1. The van der Waals surface area contributed by atoms with Crippen LogP contribution in [0.4, 0.5) is 0 Å². The maximum atomic E-state index is 13.2. The van der Waals surface area contributed by atoms with Crippen molar-refractivity contribution in [1.29, 1.82) is 0 Å². The van der Waals surface area contributed by atoms with Gasteiger partial charge < -0.3 is 10.0 Å². The third-order valence-electron chi connectivity index (χ3n) is 6.56. The number of carbonyl (C=O) groups excluding carboxylic acids is 1. The van der Waals surface area contributed by atoms with Gasteiger partial charge in [0.15, 0.2) is 0 Å². The van der Waals surface area contributed by atoms with Crippen LogP contribution in [0, 0.1) is 23.7 Å². The van der Waals surface area contributed by atoms with E-state index in [4.69, 9.17) is 0 Å². The topological polar surface area (TPSA) is 60.9 Å². The average molecular weight is 368 g/mol. The number of hydrogen-bond acceptors (Lipinski definition) is 3. The maximum Gasteiger partial charge on any atom is 0.307 e. The standard InChI is InChI=1S/C22H28N2O3/c25-21(19-17-6-8-18(9-7-17)20(19)22(26)27)24-14-12-23(13-15-24)11-10-16-4-2-1-3-5-16/h1-6,8,17-20H,7,9-15H2,(H,26,27)/t17-,18+,19+,20+/m1/s1. The molecule has 1 saturated heterocycles. The van der Waals surface area contributed by atoms with E-state index in [9.17, 15) is 14.7 Å². The van der Waals surface area contributed by atoms with Crippen LogP contribution in [-0.4, -0.2) is 59.5 Å². The molecule has 5 nitrogen and oxygen atoms in total. The summed E-state index contributed by atoms with van der Waals surface area (Å²) in [5, 5.41) is 9.69. The first kappa shape index (κ1) is 18.2. The summed E-state index contributed by atoms with van der Waals surface area (Å²) in [6.07, 6.45) is 6.98. The molecule has 27 heavy (non-hydrogen) atoms. The van der Waals surface area contributed by atoms with E-state index in [2.05, 4.69) is 35.2 Å². The molecular formula is C22H28N2O3. The van der Waals surface area contributed by atoms with E-state index in [0.29, 0.717) is 13.1 Å². The normalized spacial score (nSPS) is 30.4. The molecule has 1 aromatic rings. The van der Waals surface area contributed by atoms with Crippen molar-refractivity contribution < 1.29 is 14.7 Å². The second-order valence-electron chi connectivity index (χ2n) is 8.08. The Hall–Kier alpha value is -2.14. The molecule has 4 atom stereocenters. The fourth-order valence-corrected chi connectivity index (χ4v) is 5.00. The van der Waals surface area contributed by atoms with Gasteiger partial charge in [0, 0.05) is 32.7 Å². The molecule has 2 fully saturated rings. The molecule has 1 amide bonds. The summed E-state index contributed by atoms with van der Waals surface area (Å²) in [7, 11) is 0. The number of carboxylic acid groups (broad SMARTS) is 1. The lowest BCUT2D eigenvalue weighted by molar-refractivity contribution is -0.157. The first-order valence-corrected chi connectivity index (χ1v) is 10.1. The van der Waals surface area contributed by atoms with Crippen molar-refractivity contribution in [3.8, 4) is 0 Å². The smallest absolute Gasteiger partial charge is 0.307 e. The molecule has 3 aliphatic carbocycles. The van der Waals surface area contributed by atoms with Gasteiger partial charge in [0.25, 0.3) is 0 Å². The van der Waals surface area contributed by atoms with Gasteiger partial charge in [-0.05, 0) is 36.7 Å². The van der Waals surface area contributed by atoms with Gasteiger partial charge in [-0.1, -0.05) is 42.5 Å². The number of hydrogen-bond donors (Lipinski definition) is 1. The average Bonchev–Trinajstić information content (AvgIpc) is 2.73. The highest BCUT2D eigenvalue weighted by atomic mass is 16.4. The quantitative estimate of drug-likeness (QED) is 0.810. The highest BCUT2D eigenvalue weighted by Crippen LogP contribution is 2.45. The number of fused-ring (bicyclic) bond motifs is 2. The minimum atomic E-state index is -0.811. The maximum absolute atomic E-state index is 13.2. The number of allylic oxidation sites excluding steroid dienone is 2. The summed E-state index contributed by atoms with van der Waals surface area (Å²) in [4.78, 5) is 29.3. The van der Waals surface area contributed by atoms with Gasteiger partial charge in [-0.15, -0.1) is 0 Å². The zero-order chi connectivity index (χ0) is 18.8. The second-order valence-corrected chi connectivity index (χ2v) is 8.08. The molecule has 0 aromatic heterocycles. The lowest BCUT2D eigenvalue weighted by Crippen LogP contribution is -2.55. The van der Waals surface area contributed by atoms with Gasteiger partial charge in [0.05, 0.1) is 11.8 Å². The monoisotopic (exact) mass is 368 g/mol. The number of rotatable bonds is 5. The van der Waals surface area contributed by atoms with Crippen molar-refractivity contribution in [2.45, 2.75) is 19.3 Å².